The second kappa shape index (κ2) is 12.3. The normalized spacial score (nSPS) is 14.5. The van der Waals surface area contributed by atoms with Crippen molar-refractivity contribution in [3.63, 3.8) is 0 Å². The van der Waals surface area contributed by atoms with Gasteiger partial charge in [-0.15, -0.1) is 11.8 Å². The third-order valence-electron chi connectivity index (χ3n) is 6.32. The van der Waals surface area contributed by atoms with Gasteiger partial charge in [-0.3, -0.25) is 9.69 Å². The van der Waals surface area contributed by atoms with Crippen LogP contribution in [-0.4, -0.2) is 34.0 Å². The molecule has 2 heterocycles. The number of carbonyl (C=O) groups is 1. The summed E-state index contributed by atoms with van der Waals surface area (Å²) >= 11 is 11.2. The first kappa shape index (κ1) is 26.0. The monoisotopic (exact) mass is 596 g/mol. The number of halogens is 2. The molecule has 0 atom stereocenters. The Morgan fingerprint density at radius 1 is 1.08 bits per heavy atom. The number of hydrogen-bond donors (Lipinski definition) is 1. The van der Waals surface area contributed by atoms with E-state index in [2.05, 4.69) is 36.3 Å². The number of anilines is 1. The number of amides is 1. The lowest BCUT2D eigenvalue weighted by molar-refractivity contribution is -0.121. The Morgan fingerprint density at radius 2 is 1.86 bits per heavy atom. The minimum absolute atomic E-state index is 0.0227. The molecule has 0 spiro atoms. The van der Waals surface area contributed by atoms with Crippen molar-refractivity contribution >= 4 is 50.9 Å². The molecule has 1 aliphatic rings. The molecule has 1 amide bonds. The molecule has 1 saturated heterocycles. The van der Waals surface area contributed by atoms with Crippen molar-refractivity contribution in [2.45, 2.75) is 30.0 Å². The Morgan fingerprint density at radius 3 is 2.65 bits per heavy atom. The Hall–Kier alpha value is -2.65. The van der Waals surface area contributed by atoms with Crippen LogP contribution >= 0.6 is 39.3 Å². The van der Waals surface area contributed by atoms with Crippen LogP contribution in [0.25, 0.3) is 11.4 Å². The zero-order valence-electron chi connectivity index (χ0n) is 20.1. The maximum absolute atomic E-state index is 13.1. The fourth-order valence-corrected chi connectivity index (χ4v) is 5.77. The maximum atomic E-state index is 13.1. The quantitative estimate of drug-likeness (QED) is 0.215. The van der Waals surface area contributed by atoms with Gasteiger partial charge in [0, 0.05) is 31.6 Å². The standard InChI is InChI=1S/C28H26BrClN4O2S/c29-22-5-3-4-21(16-22)27-32-26(36-33-27)17-34-14-12-20(13-15-34)28(35)31-24-6-1-2-7-25(24)37-18-19-8-10-23(30)11-9-19/h1-11,16,20H,12-15,17-18H2,(H,31,35). The molecule has 1 fully saturated rings. The molecular formula is C28H26BrClN4O2S. The fourth-order valence-electron chi connectivity index (χ4n) is 4.28. The van der Waals surface area contributed by atoms with Crippen molar-refractivity contribution in [2.75, 3.05) is 18.4 Å². The van der Waals surface area contributed by atoms with Crippen molar-refractivity contribution in [3.8, 4) is 11.4 Å². The molecule has 0 unspecified atom stereocenters. The SMILES string of the molecule is O=C(Nc1ccccc1SCc1ccc(Cl)cc1)C1CCN(Cc2nc(-c3cccc(Br)c3)no2)CC1. The average molecular weight is 598 g/mol. The highest BCUT2D eigenvalue weighted by Crippen LogP contribution is 2.31. The predicted octanol–water partition coefficient (Wildman–Crippen LogP) is 7.30. The van der Waals surface area contributed by atoms with Crippen molar-refractivity contribution in [2.24, 2.45) is 5.92 Å². The molecular weight excluding hydrogens is 572 g/mol. The van der Waals surface area contributed by atoms with Gasteiger partial charge < -0.3 is 9.84 Å². The first-order valence-corrected chi connectivity index (χ1v) is 14.3. The van der Waals surface area contributed by atoms with Gasteiger partial charge in [-0.2, -0.15) is 4.98 Å². The largest absolute Gasteiger partial charge is 0.338 e. The van der Waals surface area contributed by atoms with Gasteiger partial charge in [0.1, 0.15) is 0 Å². The van der Waals surface area contributed by atoms with Gasteiger partial charge in [-0.1, -0.05) is 69.1 Å². The lowest BCUT2D eigenvalue weighted by Gasteiger charge is -2.30. The number of aromatic nitrogens is 2. The van der Waals surface area contributed by atoms with E-state index in [0.29, 0.717) is 18.3 Å². The summed E-state index contributed by atoms with van der Waals surface area (Å²) < 4.78 is 6.45. The Bertz CT molecular complexity index is 1360. The smallest absolute Gasteiger partial charge is 0.241 e. The summed E-state index contributed by atoms with van der Waals surface area (Å²) in [6.45, 7) is 2.19. The average Bonchev–Trinajstić information content (AvgIpc) is 3.38. The Labute approximate surface area is 233 Å². The number of para-hydroxylation sites is 1. The second-order valence-corrected chi connectivity index (χ2v) is 11.3. The van der Waals surface area contributed by atoms with E-state index in [9.17, 15) is 4.79 Å². The first-order chi connectivity index (χ1) is 18.0. The van der Waals surface area contributed by atoms with Gasteiger partial charge in [-0.25, -0.2) is 0 Å². The van der Waals surface area contributed by atoms with E-state index in [1.54, 1.807) is 11.8 Å². The van der Waals surface area contributed by atoms with Gasteiger partial charge in [0.2, 0.25) is 17.6 Å². The highest BCUT2D eigenvalue weighted by Gasteiger charge is 2.26. The third-order valence-corrected chi connectivity index (χ3v) is 8.21. The lowest BCUT2D eigenvalue weighted by Crippen LogP contribution is -2.37. The van der Waals surface area contributed by atoms with Gasteiger partial charge in [0.25, 0.3) is 0 Å². The van der Waals surface area contributed by atoms with Crippen LogP contribution in [0.2, 0.25) is 5.02 Å². The van der Waals surface area contributed by atoms with Crippen molar-refractivity contribution in [1.29, 1.82) is 0 Å². The molecule has 3 aromatic carbocycles. The molecule has 1 N–H and O–H groups in total. The van der Waals surface area contributed by atoms with E-state index >= 15 is 0 Å². The molecule has 190 valence electrons. The van der Waals surface area contributed by atoms with Crippen LogP contribution in [-0.2, 0) is 17.1 Å². The van der Waals surface area contributed by atoms with Crippen LogP contribution in [0.1, 0.15) is 24.3 Å². The van der Waals surface area contributed by atoms with Crippen molar-refractivity contribution < 1.29 is 9.32 Å². The third kappa shape index (κ3) is 7.02. The summed E-state index contributed by atoms with van der Waals surface area (Å²) in [4.78, 5) is 21.0. The number of nitrogens with one attached hydrogen (secondary N) is 1. The van der Waals surface area contributed by atoms with Crippen LogP contribution in [0.3, 0.4) is 0 Å². The molecule has 5 rings (SSSR count). The molecule has 4 aromatic rings. The maximum Gasteiger partial charge on any atom is 0.241 e. The zero-order chi connectivity index (χ0) is 25.6. The summed E-state index contributed by atoms with van der Waals surface area (Å²) in [5.41, 5.74) is 2.96. The predicted molar refractivity (Wildman–Crippen MR) is 152 cm³/mol. The van der Waals surface area contributed by atoms with Crippen LogP contribution in [0.4, 0.5) is 5.69 Å². The number of hydrogen-bond acceptors (Lipinski definition) is 6. The minimum Gasteiger partial charge on any atom is -0.338 e. The van der Waals surface area contributed by atoms with E-state index in [1.807, 2.05) is 72.8 Å². The number of thioether (sulfide) groups is 1. The van der Waals surface area contributed by atoms with Gasteiger partial charge in [0.15, 0.2) is 0 Å². The summed E-state index contributed by atoms with van der Waals surface area (Å²) in [5.74, 6) is 2.03. The van der Waals surface area contributed by atoms with E-state index in [0.717, 1.165) is 57.3 Å². The highest BCUT2D eigenvalue weighted by molar-refractivity contribution is 9.10. The molecule has 0 aliphatic carbocycles. The molecule has 0 bridgehead atoms. The second-order valence-electron chi connectivity index (χ2n) is 8.97. The van der Waals surface area contributed by atoms with Crippen LogP contribution in [0.15, 0.2) is 86.7 Å². The van der Waals surface area contributed by atoms with Crippen molar-refractivity contribution in [3.05, 3.63) is 93.7 Å². The number of nitrogens with zero attached hydrogens (tertiary/aromatic N) is 3. The van der Waals surface area contributed by atoms with Crippen LogP contribution in [0, 0.1) is 5.92 Å². The topological polar surface area (TPSA) is 71.3 Å². The van der Waals surface area contributed by atoms with E-state index in [4.69, 9.17) is 16.1 Å². The number of likely N-dealkylation sites (tertiary alicyclic amines) is 1. The van der Waals surface area contributed by atoms with E-state index < -0.39 is 0 Å². The number of piperidine rings is 1. The van der Waals surface area contributed by atoms with Gasteiger partial charge in [0.05, 0.1) is 12.2 Å². The Balaban J connectivity index is 1.12. The molecule has 0 saturated carbocycles. The molecule has 37 heavy (non-hydrogen) atoms. The van der Waals surface area contributed by atoms with Crippen LogP contribution < -0.4 is 5.32 Å². The van der Waals surface area contributed by atoms with Gasteiger partial charge in [-0.05, 0) is 67.9 Å². The summed E-state index contributed by atoms with van der Waals surface area (Å²) in [5, 5.41) is 8.03. The van der Waals surface area contributed by atoms with Crippen molar-refractivity contribution in [1.82, 2.24) is 15.0 Å². The Kier molecular flexibility index (Phi) is 8.61. The molecule has 6 nitrogen and oxygen atoms in total. The summed E-state index contributed by atoms with van der Waals surface area (Å²) in [7, 11) is 0. The number of benzene rings is 3. The fraction of sp³-hybridized carbons (Fsp3) is 0.250. The summed E-state index contributed by atoms with van der Waals surface area (Å²) in [6, 6.07) is 23.7. The zero-order valence-corrected chi connectivity index (χ0v) is 23.2. The number of carbonyl (C=O) groups excluding carboxylic acids is 1. The molecule has 0 radical (unpaired) electrons. The van der Waals surface area contributed by atoms with E-state index in [1.165, 1.54) is 5.56 Å². The molecule has 9 heteroatoms. The number of rotatable bonds is 8. The first-order valence-electron chi connectivity index (χ1n) is 12.1. The summed E-state index contributed by atoms with van der Waals surface area (Å²) in [6.07, 6.45) is 1.58. The molecule has 1 aliphatic heterocycles. The highest BCUT2D eigenvalue weighted by atomic mass is 79.9. The minimum atomic E-state index is -0.0227. The lowest BCUT2D eigenvalue weighted by atomic mass is 9.96. The molecule has 1 aromatic heterocycles. The van der Waals surface area contributed by atoms with Gasteiger partial charge >= 0.3 is 0 Å². The van der Waals surface area contributed by atoms with E-state index in [-0.39, 0.29) is 11.8 Å². The van der Waals surface area contributed by atoms with Crippen LogP contribution in [0.5, 0.6) is 0 Å².